The normalized spacial score (nSPS) is 25.6. The zero-order chi connectivity index (χ0) is 17.3. The second kappa shape index (κ2) is 6.36. The number of fused-ring (bicyclic) bond motifs is 1. The Kier molecular flexibility index (Phi) is 4.41. The second-order valence-electron chi connectivity index (χ2n) is 6.23. The summed E-state index contributed by atoms with van der Waals surface area (Å²) in [6.07, 6.45) is 0.268. The van der Waals surface area contributed by atoms with E-state index >= 15 is 0 Å². The van der Waals surface area contributed by atoms with Crippen LogP contribution in [0.5, 0.6) is 5.75 Å². The fraction of sp³-hybridized carbons (Fsp3) is 0.529. The van der Waals surface area contributed by atoms with Crippen molar-refractivity contribution in [3.8, 4) is 11.8 Å². The highest BCUT2D eigenvalue weighted by Crippen LogP contribution is 2.44. The number of hydrogen-bond donors (Lipinski definition) is 1. The first-order valence-electron chi connectivity index (χ1n) is 7.89. The van der Waals surface area contributed by atoms with Crippen LogP contribution in [0.25, 0.3) is 0 Å². The lowest BCUT2D eigenvalue weighted by molar-refractivity contribution is -0.156. The standard InChI is InChI=1S/C17H18F2N2O3/c18-9-17(10-19)16(23)15(21-6-2-1-3-14(21)22)12-7-11(8-20)4-5-13(12)24-17/h4-5,7,15-16,23H,1-3,6,9-10H2/t15-,16+/m0/s1. The van der Waals surface area contributed by atoms with Gasteiger partial charge in [0.25, 0.3) is 0 Å². The van der Waals surface area contributed by atoms with Crippen LogP contribution in [0.3, 0.4) is 0 Å². The van der Waals surface area contributed by atoms with E-state index in [4.69, 9.17) is 10.00 Å². The molecule has 0 saturated carbocycles. The summed E-state index contributed by atoms with van der Waals surface area (Å²) in [6.45, 7) is -2.04. The molecule has 1 aromatic carbocycles. The fourth-order valence-corrected chi connectivity index (χ4v) is 3.39. The Morgan fingerprint density at radius 3 is 2.75 bits per heavy atom. The highest BCUT2D eigenvalue weighted by atomic mass is 19.1. The molecule has 0 spiro atoms. The van der Waals surface area contributed by atoms with Gasteiger partial charge in [-0.25, -0.2) is 8.78 Å². The molecule has 1 aromatic rings. The van der Waals surface area contributed by atoms with Crippen LogP contribution in [0.2, 0.25) is 0 Å². The molecular weight excluding hydrogens is 318 g/mol. The number of ether oxygens (including phenoxy) is 1. The van der Waals surface area contributed by atoms with Gasteiger partial charge in [0.15, 0.2) is 5.60 Å². The largest absolute Gasteiger partial charge is 0.479 e. The highest BCUT2D eigenvalue weighted by Gasteiger charge is 2.53. The van der Waals surface area contributed by atoms with Gasteiger partial charge in [-0.1, -0.05) is 0 Å². The van der Waals surface area contributed by atoms with Gasteiger partial charge in [0.05, 0.1) is 17.7 Å². The summed E-state index contributed by atoms with van der Waals surface area (Å²) in [7, 11) is 0. The first-order valence-corrected chi connectivity index (χ1v) is 7.89. The summed E-state index contributed by atoms with van der Waals surface area (Å²) >= 11 is 0. The summed E-state index contributed by atoms with van der Waals surface area (Å²) in [6, 6.07) is 5.50. The second-order valence-corrected chi connectivity index (χ2v) is 6.23. The molecule has 0 unspecified atom stereocenters. The Morgan fingerprint density at radius 1 is 1.38 bits per heavy atom. The van der Waals surface area contributed by atoms with Crippen molar-refractivity contribution in [3.63, 3.8) is 0 Å². The van der Waals surface area contributed by atoms with Crippen LogP contribution in [0.15, 0.2) is 18.2 Å². The average molecular weight is 336 g/mol. The quantitative estimate of drug-likeness (QED) is 0.917. The molecule has 2 heterocycles. The first-order chi connectivity index (χ1) is 11.6. The number of alkyl halides is 2. The predicted octanol–water partition coefficient (Wildman–Crippen LogP) is 2.04. The molecule has 7 heteroatoms. The molecule has 2 aliphatic heterocycles. The molecule has 0 radical (unpaired) electrons. The minimum atomic E-state index is -2.04. The Balaban J connectivity index is 2.13. The van der Waals surface area contributed by atoms with Crippen molar-refractivity contribution in [2.75, 3.05) is 19.9 Å². The number of benzene rings is 1. The molecule has 128 valence electrons. The molecule has 1 N–H and O–H groups in total. The maximum absolute atomic E-state index is 13.6. The smallest absolute Gasteiger partial charge is 0.223 e. The maximum Gasteiger partial charge on any atom is 0.223 e. The molecule has 5 nitrogen and oxygen atoms in total. The fourth-order valence-electron chi connectivity index (χ4n) is 3.39. The van der Waals surface area contributed by atoms with Crippen molar-refractivity contribution in [1.29, 1.82) is 5.26 Å². The van der Waals surface area contributed by atoms with Crippen molar-refractivity contribution in [3.05, 3.63) is 29.3 Å². The van der Waals surface area contributed by atoms with E-state index in [0.29, 0.717) is 24.1 Å². The lowest BCUT2D eigenvalue weighted by Gasteiger charge is -2.47. The minimum absolute atomic E-state index is 0.174. The number of aliphatic hydroxyl groups excluding tert-OH is 1. The predicted molar refractivity (Wildman–Crippen MR) is 80.8 cm³/mol. The molecule has 24 heavy (non-hydrogen) atoms. The third-order valence-electron chi connectivity index (χ3n) is 4.76. The topological polar surface area (TPSA) is 73.6 Å². The van der Waals surface area contributed by atoms with Gasteiger partial charge in [0.2, 0.25) is 5.91 Å². The van der Waals surface area contributed by atoms with Gasteiger partial charge in [-0.2, -0.15) is 5.26 Å². The maximum atomic E-state index is 13.6. The molecule has 1 saturated heterocycles. The first kappa shape index (κ1) is 16.7. The summed E-state index contributed by atoms with van der Waals surface area (Å²) in [4.78, 5) is 13.8. The van der Waals surface area contributed by atoms with Crippen LogP contribution < -0.4 is 4.74 Å². The number of halogens is 2. The molecule has 3 rings (SSSR count). The zero-order valence-electron chi connectivity index (χ0n) is 13.0. The van der Waals surface area contributed by atoms with Crippen LogP contribution in [-0.4, -0.2) is 47.5 Å². The Hall–Kier alpha value is -2.20. The van der Waals surface area contributed by atoms with Crippen LogP contribution in [0, 0.1) is 11.3 Å². The summed E-state index contributed by atoms with van der Waals surface area (Å²) in [5, 5.41) is 19.8. The number of nitriles is 1. The van der Waals surface area contributed by atoms with Gasteiger partial charge in [-0.15, -0.1) is 0 Å². The Labute approximate surface area is 138 Å². The van der Waals surface area contributed by atoms with Crippen LogP contribution >= 0.6 is 0 Å². The molecule has 0 aromatic heterocycles. The van der Waals surface area contributed by atoms with Crippen molar-refractivity contribution in [1.82, 2.24) is 4.90 Å². The van der Waals surface area contributed by atoms with Gasteiger partial charge in [-0.05, 0) is 31.0 Å². The van der Waals surface area contributed by atoms with Gasteiger partial charge in [-0.3, -0.25) is 4.79 Å². The highest BCUT2D eigenvalue weighted by molar-refractivity contribution is 5.77. The number of piperidine rings is 1. The van der Waals surface area contributed by atoms with E-state index in [2.05, 4.69) is 0 Å². The average Bonchev–Trinajstić information content (AvgIpc) is 2.62. The van der Waals surface area contributed by atoms with Crippen molar-refractivity contribution < 1.29 is 23.4 Å². The minimum Gasteiger partial charge on any atom is -0.479 e. The van der Waals surface area contributed by atoms with E-state index in [9.17, 15) is 18.7 Å². The molecule has 1 fully saturated rings. The number of carbonyl (C=O) groups excluding carboxylic acids is 1. The summed E-state index contributed by atoms with van der Waals surface area (Å²) in [5.41, 5.74) is -1.30. The monoisotopic (exact) mass is 336 g/mol. The van der Waals surface area contributed by atoms with Crippen molar-refractivity contribution in [2.45, 2.75) is 37.0 Å². The molecule has 0 aliphatic carbocycles. The third kappa shape index (κ3) is 2.51. The van der Waals surface area contributed by atoms with E-state index in [1.54, 1.807) is 0 Å². The molecule has 0 bridgehead atoms. The summed E-state index contributed by atoms with van der Waals surface area (Å²) in [5.74, 6) is 0.0186. The van der Waals surface area contributed by atoms with E-state index in [1.807, 2.05) is 6.07 Å². The number of hydrogen-bond acceptors (Lipinski definition) is 4. The van der Waals surface area contributed by atoms with Crippen molar-refractivity contribution in [2.24, 2.45) is 0 Å². The van der Waals surface area contributed by atoms with Gasteiger partial charge < -0.3 is 14.7 Å². The number of aliphatic hydroxyl groups is 1. The Bertz CT molecular complexity index is 685. The number of nitrogens with zero attached hydrogens (tertiary/aromatic N) is 2. The summed E-state index contributed by atoms with van der Waals surface area (Å²) < 4.78 is 32.6. The number of carbonyl (C=O) groups is 1. The van der Waals surface area contributed by atoms with E-state index in [-0.39, 0.29) is 11.7 Å². The van der Waals surface area contributed by atoms with Crippen molar-refractivity contribution >= 4 is 5.91 Å². The SMILES string of the molecule is N#Cc1ccc2c(c1)[C@H](N1CCCCC1=O)[C@@H](O)C(CF)(CF)O2. The number of rotatable bonds is 3. The van der Waals surface area contributed by atoms with Gasteiger partial charge >= 0.3 is 0 Å². The molecular formula is C17H18F2N2O3. The van der Waals surface area contributed by atoms with E-state index < -0.39 is 31.1 Å². The third-order valence-corrected chi connectivity index (χ3v) is 4.76. The van der Waals surface area contributed by atoms with Crippen LogP contribution in [0.4, 0.5) is 8.78 Å². The number of amides is 1. The van der Waals surface area contributed by atoms with E-state index in [1.165, 1.54) is 23.1 Å². The van der Waals surface area contributed by atoms with Gasteiger partial charge in [0.1, 0.15) is 25.2 Å². The lowest BCUT2D eigenvalue weighted by Crippen LogP contribution is -2.61. The molecule has 2 aliphatic rings. The lowest BCUT2D eigenvalue weighted by atomic mass is 9.83. The zero-order valence-corrected chi connectivity index (χ0v) is 13.0. The van der Waals surface area contributed by atoms with Crippen LogP contribution in [-0.2, 0) is 4.79 Å². The molecule has 2 atom stereocenters. The Morgan fingerprint density at radius 2 is 2.12 bits per heavy atom. The van der Waals surface area contributed by atoms with E-state index in [0.717, 1.165) is 12.8 Å². The van der Waals surface area contributed by atoms with Gasteiger partial charge in [0, 0.05) is 18.5 Å². The van der Waals surface area contributed by atoms with Crippen LogP contribution in [0.1, 0.15) is 36.4 Å². The number of likely N-dealkylation sites (tertiary alicyclic amines) is 1. The molecule has 1 amide bonds.